The molecule has 3 aromatic rings. The highest BCUT2D eigenvalue weighted by molar-refractivity contribution is 6.32. The fraction of sp³-hybridized carbons (Fsp3) is 0.364. The predicted octanol–water partition coefficient (Wildman–Crippen LogP) is 3.65. The van der Waals surface area contributed by atoms with Gasteiger partial charge in [0.1, 0.15) is 11.5 Å². The molecule has 13 heteroatoms. The zero-order valence-electron chi connectivity index (χ0n) is 18.9. The van der Waals surface area contributed by atoms with Crippen molar-refractivity contribution in [2.45, 2.75) is 13.3 Å². The number of aryl methyl sites for hydroxylation is 1. The molecule has 2 aromatic heterocycles. The number of rotatable bonds is 6. The molecule has 35 heavy (non-hydrogen) atoms. The summed E-state index contributed by atoms with van der Waals surface area (Å²) in [6.45, 7) is 4.95. The second-order valence-corrected chi connectivity index (χ2v) is 8.38. The molecule has 0 radical (unpaired) electrons. The summed E-state index contributed by atoms with van der Waals surface area (Å²) >= 11 is 5.93. The summed E-state index contributed by atoms with van der Waals surface area (Å²) < 4.78 is 46.0. The van der Waals surface area contributed by atoms with Crippen LogP contribution >= 0.6 is 11.6 Å². The summed E-state index contributed by atoms with van der Waals surface area (Å²) in [7, 11) is 2.07. The smallest absolute Gasteiger partial charge is 0.482 e. The van der Waals surface area contributed by atoms with Gasteiger partial charge < -0.3 is 24.6 Å². The molecule has 3 heterocycles. The van der Waals surface area contributed by atoms with Gasteiger partial charge in [0.25, 0.3) is 5.91 Å². The van der Waals surface area contributed by atoms with Gasteiger partial charge in [0.15, 0.2) is 12.3 Å². The molecule has 1 aromatic carbocycles. The number of nitrogens with zero attached hydrogens (tertiary/aromatic N) is 5. The SMILES string of the molecule is Cc1nc(N2CCN(C)CC2)nc2ncc(NC(=O)COc3ccc(OC(F)(F)F)cc3Cl)cc12. The molecule has 1 fully saturated rings. The topological polar surface area (TPSA) is 92.7 Å². The first-order chi connectivity index (χ1) is 16.6. The number of benzene rings is 1. The molecular formula is C22H22ClF3N6O3. The van der Waals surface area contributed by atoms with Crippen LogP contribution in [0.5, 0.6) is 11.5 Å². The zero-order chi connectivity index (χ0) is 25.2. The van der Waals surface area contributed by atoms with Gasteiger partial charge in [-0.15, -0.1) is 13.2 Å². The third kappa shape index (κ3) is 6.40. The van der Waals surface area contributed by atoms with Crippen molar-refractivity contribution in [3.05, 3.63) is 41.2 Å². The first kappa shape index (κ1) is 24.7. The molecular weight excluding hydrogens is 489 g/mol. The lowest BCUT2D eigenvalue weighted by atomic mass is 10.2. The summed E-state index contributed by atoms with van der Waals surface area (Å²) in [5.41, 5.74) is 1.68. The molecule has 0 saturated carbocycles. The minimum Gasteiger partial charge on any atom is -0.482 e. The van der Waals surface area contributed by atoms with Crippen LogP contribution in [0.1, 0.15) is 5.69 Å². The normalized spacial score (nSPS) is 14.7. The molecule has 9 nitrogen and oxygen atoms in total. The fourth-order valence-corrected chi connectivity index (χ4v) is 3.72. The van der Waals surface area contributed by atoms with Crippen molar-refractivity contribution < 1.29 is 27.4 Å². The van der Waals surface area contributed by atoms with Gasteiger partial charge in [-0.1, -0.05) is 11.6 Å². The lowest BCUT2D eigenvalue weighted by Gasteiger charge is -2.32. The van der Waals surface area contributed by atoms with Crippen molar-refractivity contribution in [3.63, 3.8) is 0 Å². The third-order valence-corrected chi connectivity index (χ3v) is 5.59. The lowest BCUT2D eigenvalue weighted by molar-refractivity contribution is -0.274. The van der Waals surface area contributed by atoms with E-state index in [0.29, 0.717) is 22.7 Å². The van der Waals surface area contributed by atoms with E-state index in [-0.39, 0.29) is 10.8 Å². The van der Waals surface area contributed by atoms with Gasteiger partial charge in [-0.2, -0.15) is 4.98 Å². The summed E-state index contributed by atoms with van der Waals surface area (Å²) in [5, 5.41) is 3.23. The third-order valence-electron chi connectivity index (χ3n) is 5.30. The van der Waals surface area contributed by atoms with E-state index >= 15 is 0 Å². The first-order valence-electron chi connectivity index (χ1n) is 10.6. The van der Waals surface area contributed by atoms with Crippen LogP contribution in [0.3, 0.4) is 0 Å². The van der Waals surface area contributed by atoms with Crippen LogP contribution in [0.25, 0.3) is 11.0 Å². The minimum atomic E-state index is -4.84. The second-order valence-electron chi connectivity index (χ2n) is 7.97. The number of carbonyl (C=O) groups is 1. The predicted molar refractivity (Wildman–Crippen MR) is 124 cm³/mol. The summed E-state index contributed by atoms with van der Waals surface area (Å²) in [5.74, 6) is -0.335. The van der Waals surface area contributed by atoms with Crippen LogP contribution in [0.2, 0.25) is 5.02 Å². The quantitative estimate of drug-likeness (QED) is 0.537. The molecule has 1 aliphatic heterocycles. The van der Waals surface area contributed by atoms with Crippen LogP contribution in [0, 0.1) is 6.92 Å². The Labute approximate surface area is 203 Å². The van der Waals surface area contributed by atoms with Crippen LogP contribution in [-0.2, 0) is 4.79 Å². The average Bonchev–Trinajstić information content (AvgIpc) is 2.78. The van der Waals surface area contributed by atoms with Gasteiger partial charge >= 0.3 is 6.36 Å². The van der Waals surface area contributed by atoms with E-state index in [9.17, 15) is 18.0 Å². The van der Waals surface area contributed by atoms with E-state index in [4.69, 9.17) is 16.3 Å². The fourth-order valence-electron chi connectivity index (χ4n) is 3.50. The monoisotopic (exact) mass is 510 g/mol. The van der Waals surface area contributed by atoms with E-state index in [2.05, 4.69) is 41.9 Å². The number of aromatic nitrogens is 3. The maximum atomic E-state index is 12.3. The van der Waals surface area contributed by atoms with Crippen LogP contribution in [-0.4, -0.2) is 72.0 Å². The number of ether oxygens (including phenoxy) is 2. The number of hydrogen-bond acceptors (Lipinski definition) is 8. The highest BCUT2D eigenvalue weighted by Crippen LogP contribution is 2.31. The Bertz CT molecular complexity index is 1240. The Morgan fingerprint density at radius 1 is 1.17 bits per heavy atom. The molecule has 0 atom stereocenters. The number of fused-ring (bicyclic) bond motifs is 1. The van der Waals surface area contributed by atoms with Crippen LogP contribution in [0.15, 0.2) is 30.5 Å². The van der Waals surface area contributed by atoms with Gasteiger partial charge in [0, 0.05) is 37.6 Å². The van der Waals surface area contributed by atoms with Crippen LogP contribution in [0.4, 0.5) is 24.8 Å². The van der Waals surface area contributed by atoms with Gasteiger partial charge in [0.2, 0.25) is 5.95 Å². The van der Waals surface area contributed by atoms with Gasteiger partial charge in [0.05, 0.1) is 22.6 Å². The largest absolute Gasteiger partial charge is 0.573 e. The van der Waals surface area contributed by atoms with Gasteiger partial charge in [-0.3, -0.25) is 4.79 Å². The highest BCUT2D eigenvalue weighted by Gasteiger charge is 2.31. The maximum Gasteiger partial charge on any atom is 0.573 e. The van der Waals surface area contributed by atoms with E-state index in [1.165, 1.54) is 12.3 Å². The Kier molecular flexibility index (Phi) is 7.13. The second kappa shape index (κ2) is 10.1. The molecule has 186 valence electrons. The maximum absolute atomic E-state index is 12.3. The Balaban J connectivity index is 1.39. The van der Waals surface area contributed by atoms with Crippen molar-refractivity contribution in [1.82, 2.24) is 19.9 Å². The molecule has 0 spiro atoms. The number of piperazine rings is 1. The molecule has 1 amide bonds. The number of hydrogen-bond donors (Lipinski definition) is 1. The van der Waals surface area contributed by atoms with Crippen LogP contribution < -0.4 is 19.7 Å². The molecule has 0 unspecified atom stereocenters. The lowest BCUT2D eigenvalue weighted by Crippen LogP contribution is -2.45. The number of nitrogens with one attached hydrogen (secondary N) is 1. The van der Waals surface area contributed by atoms with Crippen molar-refractivity contribution in [3.8, 4) is 11.5 Å². The number of amides is 1. The van der Waals surface area contributed by atoms with Crippen molar-refractivity contribution >= 4 is 40.2 Å². The Hall–Kier alpha value is -3.38. The molecule has 0 bridgehead atoms. The molecule has 1 N–H and O–H groups in total. The molecule has 4 rings (SSSR count). The summed E-state index contributed by atoms with van der Waals surface area (Å²) in [4.78, 5) is 30.2. The van der Waals surface area contributed by atoms with E-state index in [0.717, 1.165) is 44.0 Å². The Morgan fingerprint density at radius 3 is 2.60 bits per heavy atom. The zero-order valence-corrected chi connectivity index (χ0v) is 19.7. The molecule has 1 saturated heterocycles. The molecule has 1 aliphatic rings. The molecule has 0 aliphatic carbocycles. The van der Waals surface area contributed by atoms with Gasteiger partial charge in [-0.25, -0.2) is 9.97 Å². The van der Waals surface area contributed by atoms with Crippen molar-refractivity contribution in [1.29, 1.82) is 0 Å². The standard InChI is InChI=1S/C22H22ClF3N6O3/c1-13-16-9-14(11-27-20(16)30-21(28-13)32-7-5-31(2)6-8-32)29-19(33)12-34-18-4-3-15(10-17(18)23)35-22(24,25)26/h3-4,9-11H,5-8,12H2,1-2H3,(H,29,33). The highest BCUT2D eigenvalue weighted by atomic mass is 35.5. The van der Waals surface area contributed by atoms with E-state index < -0.39 is 24.6 Å². The average molecular weight is 511 g/mol. The van der Waals surface area contributed by atoms with Gasteiger partial charge in [-0.05, 0) is 32.2 Å². The summed E-state index contributed by atoms with van der Waals surface area (Å²) in [6.07, 6.45) is -3.36. The number of anilines is 2. The number of alkyl halides is 3. The number of pyridine rings is 1. The van der Waals surface area contributed by atoms with Crippen molar-refractivity contribution in [2.75, 3.05) is 50.1 Å². The minimum absolute atomic E-state index is 0.0358. The number of halogens is 4. The Morgan fingerprint density at radius 2 is 1.91 bits per heavy atom. The number of carbonyl (C=O) groups excluding carboxylic acids is 1. The van der Waals surface area contributed by atoms with E-state index in [1.54, 1.807) is 6.07 Å². The number of likely N-dealkylation sites (N-methyl/N-ethyl adjacent to an activating group) is 1. The first-order valence-corrected chi connectivity index (χ1v) is 11.0. The summed E-state index contributed by atoms with van der Waals surface area (Å²) in [6, 6.07) is 4.90. The van der Waals surface area contributed by atoms with Crippen molar-refractivity contribution in [2.24, 2.45) is 0 Å². The van der Waals surface area contributed by atoms with E-state index in [1.807, 2.05) is 6.92 Å².